The summed E-state index contributed by atoms with van der Waals surface area (Å²) in [6.45, 7) is 3.02. The van der Waals surface area contributed by atoms with E-state index in [1.165, 1.54) is 0 Å². The van der Waals surface area contributed by atoms with Gasteiger partial charge in [-0.15, -0.1) is 12.4 Å². The number of halogens is 2. The molecular weight excluding hydrogens is 265 g/mol. The number of nitrogens with one attached hydrogen (secondary N) is 2. The Labute approximate surface area is 98.2 Å². The van der Waals surface area contributed by atoms with Crippen molar-refractivity contribution < 1.29 is 0 Å². The third-order valence-electron chi connectivity index (χ3n) is 2.13. The van der Waals surface area contributed by atoms with E-state index < -0.39 is 0 Å². The highest BCUT2D eigenvalue weighted by atomic mass is 79.9. The van der Waals surface area contributed by atoms with Crippen LogP contribution < -0.4 is 10.6 Å². The SMILES string of the molecule is Brc1cccc([C@H]2CNCCN2)n1.Cl. The van der Waals surface area contributed by atoms with E-state index in [9.17, 15) is 0 Å². The lowest BCUT2D eigenvalue weighted by Crippen LogP contribution is -2.42. The smallest absolute Gasteiger partial charge is 0.106 e. The molecule has 14 heavy (non-hydrogen) atoms. The van der Waals surface area contributed by atoms with E-state index >= 15 is 0 Å². The second-order valence-corrected chi connectivity index (χ2v) is 3.91. The molecule has 1 saturated heterocycles. The van der Waals surface area contributed by atoms with Crippen molar-refractivity contribution in [2.45, 2.75) is 6.04 Å². The molecule has 2 N–H and O–H groups in total. The fourth-order valence-electron chi connectivity index (χ4n) is 1.48. The van der Waals surface area contributed by atoms with Gasteiger partial charge in [-0.05, 0) is 28.1 Å². The van der Waals surface area contributed by atoms with Crippen LogP contribution in [0.25, 0.3) is 0 Å². The van der Waals surface area contributed by atoms with E-state index in [-0.39, 0.29) is 12.4 Å². The molecule has 0 aliphatic carbocycles. The Morgan fingerprint density at radius 1 is 1.36 bits per heavy atom. The fourth-order valence-corrected chi connectivity index (χ4v) is 1.84. The summed E-state index contributed by atoms with van der Waals surface area (Å²) in [6, 6.07) is 6.36. The molecule has 1 atom stereocenters. The maximum Gasteiger partial charge on any atom is 0.106 e. The number of piperazine rings is 1. The molecule has 0 saturated carbocycles. The monoisotopic (exact) mass is 277 g/mol. The summed E-state index contributed by atoms with van der Waals surface area (Å²) >= 11 is 3.37. The first-order valence-corrected chi connectivity index (χ1v) is 5.22. The molecule has 3 nitrogen and oxygen atoms in total. The molecule has 0 spiro atoms. The Balaban J connectivity index is 0.000000980. The average molecular weight is 279 g/mol. The van der Waals surface area contributed by atoms with Gasteiger partial charge < -0.3 is 10.6 Å². The zero-order valence-electron chi connectivity index (χ0n) is 7.66. The molecule has 0 unspecified atom stereocenters. The summed E-state index contributed by atoms with van der Waals surface area (Å²) in [4.78, 5) is 4.41. The predicted molar refractivity (Wildman–Crippen MR) is 62.8 cm³/mol. The molecule has 1 fully saturated rings. The Morgan fingerprint density at radius 3 is 2.86 bits per heavy atom. The lowest BCUT2D eigenvalue weighted by molar-refractivity contribution is 0.423. The quantitative estimate of drug-likeness (QED) is 0.765. The Bertz CT molecular complexity index is 289. The van der Waals surface area contributed by atoms with Crippen molar-refractivity contribution >= 4 is 28.3 Å². The maximum atomic E-state index is 4.41. The van der Waals surface area contributed by atoms with E-state index in [0.717, 1.165) is 29.9 Å². The Morgan fingerprint density at radius 2 is 2.21 bits per heavy atom. The highest BCUT2D eigenvalue weighted by molar-refractivity contribution is 9.10. The van der Waals surface area contributed by atoms with Crippen molar-refractivity contribution in [3.8, 4) is 0 Å². The number of aromatic nitrogens is 1. The first-order valence-electron chi connectivity index (χ1n) is 4.43. The normalized spacial score (nSPS) is 21.4. The summed E-state index contributed by atoms with van der Waals surface area (Å²) in [5.41, 5.74) is 1.10. The zero-order valence-corrected chi connectivity index (χ0v) is 10.1. The van der Waals surface area contributed by atoms with E-state index in [4.69, 9.17) is 0 Å². The van der Waals surface area contributed by atoms with Crippen molar-refractivity contribution in [3.63, 3.8) is 0 Å². The van der Waals surface area contributed by atoms with Gasteiger partial charge in [0.2, 0.25) is 0 Å². The van der Waals surface area contributed by atoms with Crippen LogP contribution in [0.2, 0.25) is 0 Å². The van der Waals surface area contributed by atoms with Crippen LogP contribution >= 0.6 is 28.3 Å². The second-order valence-electron chi connectivity index (χ2n) is 3.10. The first-order chi connectivity index (χ1) is 6.36. The molecular formula is C9H13BrClN3. The van der Waals surface area contributed by atoms with Crippen LogP contribution in [0.15, 0.2) is 22.8 Å². The van der Waals surface area contributed by atoms with Gasteiger partial charge in [-0.3, -0.25) is 0 Å². The van der Waals surface area contributed by atoms with Crippen molar-refractivity contribution in [1.29, 1.82) is 0 Å². The van der Waals surface area contributed by atoms with E-state index in [0.29, 0.717) is 6.04 Å². The number of nitrogens with zero attached hydrogens (tertiary/aromatic N) is 1. The average Bonchev–Trinajstić information content (AvgIpc) is 2.19. The van der Waals surface area contributed by atoms with Crippen molar-refractivity contribution in [3.05, 3.63) is 28.5 Å². The van der Waals surface area contributed by atoms with Crippen LogP contribution in [-0.2, 0) is 0 Å². The molecule has 1 aliphatic rings. The maximum absolute atomic E-state index is 4.41. The highest BCUT2D eigenvalue weighted by Gasteiger charge is 2.14. The van der Waals surface area contributed by atoms with Gasteiger partial charge in [-0.2, -0.15) is 0 Å². The van der Waals surface area contributed by atoms with Gasteiger partial charge in [0.25, 0.3) is 0 Å². The third-order valence-corrected chi connectivity index (χ3v) is 2.58. The van der Waals surface area contributed by atoms with E-state index in [1.807, 2.05) is 12.1 Å². The molecule has 1 aliphatic heterocycles. The molecule has 2 heterocycles. The van der Waals surface area contributed by atoms with Crippen LogP contribution in [0.5, 0.6) is 0 Å². The lowest BCUT2D eigenvalue weighted by Gasteiger charge is -2.23. The van der Waals surface area contributed by atoms with E-state index in [1.54, 1.807) is 0 Å². The van der Waals surface area contributed by atoms with Crippen LogP contribution in [0.3, 0.4) is 0 Å². The molecule has 1 aromatic rings. The zero-order chi connectivity index (χ0) is 9.10. The van der Waals surface area contributed by atoms with Gasteiger partial charge in [-0.25, -0.2) is 4.98 Å². The largest absolute Gasteiger partial charge is 0.314 e. The van der Waals surface area contributed by atoms with Crippen molar-refractivity contribution in [2.75, 3.05) is 19.6 Å². The molecule has 0 radical (unpaired) electrons. The minimum atomic E-state index is 0. The van der Waals surface area contributed by atoms with Gasteiger partial charge in [0.15, 0.2) is 0 Å². The predicted octanol–water partition coefficient (Wildman–Crippen LogP) is 1.50. The van der Waals surface area contributed by atoms with Gasteiger partial charge >= 0.3 is 0 Å². The summed E-state index contributed by atoms with van der Waals surface area (Å²) in [6.07, 6.45) is 0. The molecule has 0 amide bonds. The summed E-state index contributed by atoms with van der Waals surface area (Å²) < 4.78 is 0.900. The summed E-state index contributed by atoms with van der Waals surface area (Å²) in [5.74, 6) is 0. The molecule has 0 bridgehead atoms. The van der Waals surface area contributed by atoms with Crippen molar-refractivity contribution in [2.24, 2.45) is 0 Å². The van der Waals surface area contributed by atoms with Gasteiger partial charge in [0.05, 0.1) is 11.7 Å². The minimum Gasteiger partial charge on any atom is -0.314 e. The van der Waals surface area contributed by atoms with Crippen molar-refractivity contribution in [1.82, 2.24) is 15.6 Å². The highest BCUT2D eigenvalue weighted by Crippen LogP contribution is 2.14. The number of hydrogen-bond acceptors (Lipinski definition) is 3. The van der Waals surface area contributed by atoms with Crippen LogP contribution in [0.4, 0.5) is 0 Å². The van der Waals surface area contributed by atoms with Gasteiger partial charge in [-0.1, -0.05) is 6.07 Å². The molecule has 78 valence electrons. The fraction of sp³-hybridized carbons (Fsp3) is 0.444. The van der Waals surface area contributed by atoms with Gasteiger partial charge in [0.1, 0.15) is 4.60 Å². The van der Waals surface area contributed by atoms with Crippen LogP contribution in [-0.4, -0.2) is 24.6 Å². The van der Waals surface area contributed by atoms with E-state index in [2.05, 4.69) is 37.6 Å². The standard InChI is InChI=1S/C9H12BrN3.ClH/c10-9-3-1-2-7(13-9)8-6-11-4-5-12-8;/h1-3,8,11-12H,4-6H2;1H/t8-;/m1./s1. The number of rotatable bonds is 1. The molecule has 0 aromatic carbocycles. The van der Waals surface area contributed by atoms with Crippen LogP contribution in [0, 0.1) is 0 Å². The first kappa shape index (κ1) is 11.9. The minimum absolute atomic E-state index is 0. The number of hydrogen-bond donors (Lipinski definition) is 2. The number of pyridine rings is 1. The Hall–Kier alpha value is -0.160. The third kappa shape index (κ3) is 2.92. The van der Waals surface area contributed by atoms with Gasteiger partial charge in [0, 0.05) is 19.6 Å². The summed E-state index contributed by atoms with van der Waals surface area (Å²) in [5, 5.41) is 6.75. The summed E-state index contributed by atoms with van der Waals surface area (Å²) in [7, 11) is 0. The lowest BCUT2D eigenvalue weighted by atomic mass is 10.1. The second kappa shape index (κ2) is 5.66. The molecule has 5 heteroatoms. The Kier molecular flexibility index (Phi) is 4.81. The van der Waals surface area contributed by atoms with Crippen LogP contribution in [0.1, 0.15) is 11.7 Å². The topological polar surface area (TPSA) is 37.0 Å². The molecule has 1 aromatic heterocycles. The molecule has 2 rings (SSSR count).